The molecule has 2 N–H and O–H groups in total. The van der Waals surface area contributed by atoms with Crippen molar-refractivity contribution in [3.63, 3.8) is 0 Å². The van der Waals surface area contributed by atoms with E-state index in [9.17, 15) is 4.79 Å². The van der Waals surface area contributed by atoms with Gasteiger partial charge in [-0.15, -0.1) is 0 Å². The minimum absolute atomic E-state index is 0.00352. The lowest BCUT2D eigenvalue weighted by Gasteiger charge is -2.26. The molecule has 14 heavy (non-hydrogen) atoms. The Kier molecular flexibility index (Phi) is 3.89. The van der Waals surface area contributed by atoms with Crippen LogP contribution in [-0.2, 0) is 9.53 Å². The number of methoxy groups -OCH3 is 1. The van der Waals surface area contributed by atoms with Gasteiger partial charge < -0.3 is 15.4 Å². The van der Waals surface area contributed by atoms with Crippen LogP contribution in [0, 0.1) is 0 Å². The Balaban J connectivity index is 2.46. The zero-order valence-corrected chi connectivity index (χ0v) is 9.22. The highest BCUT2D eigenvalue weighted by Gasteiger charge is 2.32. The van der Waals surface area contributed by atoms with Crippen molar-refractivity contribution in [2.75, 3.05) is 20.2 Å². The molecule has 0 aromatic heterocycles. The van der Waals surface area contributed by atoms with Crippen LogP contribution in [0.25, 0.3) is 0 Å². The van der Waals surface area contributed by atoms with Crippen molar-refractivity contribution in [1.29, 1.82) is 0 Å². The van der Waals surface area contributed by atoms with Crippen LogP contribution in [0.4, 0.5) is 0 Å². The van der Waals surface area contributed by atoms with E-state index in [1.54, 1.807) is 7.11 Å². The number of carbonyl (C=O) groups is 1. The van der Waals surface area contributed by atoms with Gasteiger partial charge in [0.1, 0.15) is 5.60 Å². The SMILES string of the molecule is CCC(C)(OC)C(=O)N[C@H]1CCNC1. The number of rotatable bonds is 4. The highest BCUT2D eigenvalue weighted by atomic mass is 16.5. The standard InChI is InChI=1S/C10H20N2O2/c1-4-10(2,14-3)9(13)12-8-5-6-11-7-8/h8,11H,4-7H2,1-3H3,(H,12,13)/t8-,10?/m0/s1. The predicted octanol–water partition coefficient (Wildman–Crippen LogP) is 0.280. The van der Waals surface area contributed by atoms with Crippen molar-refractivity contribution in [2.45, 2.75) is 38.3 Å². The van der Waals surface area contributed by atoms with Crippen LogP contribution >= 0.6 is 0 Å². The van der Waals surface area contributed by atoms with Crippen LogP contribution in [0.5, 0.6) is 0 Å². The molecule has 1 aliphatic heterocycles. The quantitative estimate of drug-likeness (QED) is 0.685. The van der Waals surface area contributed by atoms with E-state index in [4.69, 9.17) is 4.74 Å². The van der Waals surface area contributed by atoms with E-state index < -0.39 is 5.60 Å². The van der Waals surface area contributed by atoms with Crippen molar-refractivity contribution in [1.82, 2.24) is 10.6 Å². The highest BCUT2D eigenvalue weighted by Crippen LogP contribution is 2.14. The van der Waals surface area contributed by atoms with Crippen molar-refractivity contribution >= 4 is 5.91 Å². The summed E-state index contributed by atoms with van der Waals surface area (Å²) in [4.78, 5) is 11.8. The Hall–Kier alpha value is -0.610. The summed E-state index contributed by atoms with van der Waals surface area (Å²) in [5, 5.41) is 6.20. The Morgan fingerprint density at radius 2 is 2.43 bits per heavy atom. The molecule has 1 unspecified atom stereocenters. The van der Waals surface area contributed by atoms with Gasteiger partial charge in [0.05, 0.1) is 0 Å². The second kappa shape index (κ2) is 4.75. The molecule has 0 saturated carbocycles. The number of hydrogen-bond acceptors (Lipinski definition) is 3. The molecule has 1 saturated heterocycles. The molecule has 1 aliphatic rings. The van der Waals surface area contributed by atoms with Gasteiger partial charge in [-0.05, 0) is 26.3 Å². The first-order valence-electron chi connectivity index (χ1n) is 5.19. The Morgan fingerprint density at radius 1 is 1.71 bits per heavy atom. The molecule has 2 atom stereocenters. The third kappa shape index (κ3) is 2.45. The van der Waals surface area contributed by atoms with Gasteiger partial charge in [-0.25, -0.2) is 0 Å². The largest absolute Gasteiger partial charge is 0.369 e. The van der Waals surface area contributed by atoms with Gasteiger partial charge in [-0.1, -0.05) is 6.92 Å². The van der Waals surface area contributed by atoms with Crippen molar-refractivity contribution in [3.8, 4) is 0 Å². The van der Waals surface area contributed by atoms with Crippen molar-refractivity contribution in [3.05, 3.63) is 0 Å². The maximum Gasteiger partial charge on any atom is 0.252 e. The first-order valence-corrected chi connectivity index (χ1v) is 5.19. The van der Waals surface area contributed by atoms with E-state index in [0.717, 1.165) is 19.5 Å². The lowest BCUT2D eigenvalue weighted by atomic mass is 10.0. The smallest absolute Gasteiger partial charge is 0.252 e. The molecule has 4 nitrogen and oxygen atoms in total. The monoisotopic (exact) mass is 200 g/mol. The highest BCUT2D eigenvalue weighted by molar-refractivity contribution is 5.85. The minimum Gasteiger partial charge on any atom is -0.369 e. The fourth-order valence-electron chi connectivity index (χ4n) is 1.51. The summed E-state index contributed by atoms with van der Waals surface area (Å²) in [7, 11) is 1.58. The van der Waals surface area contributed by atoms with Gasteiger partial charge in [0, 0.05) is 19.7 Å². The molecule has 0 spiro atoms. The predicted molar refractivity (Wildman–Crippen MR) is 55.1 cm³/mol. The Morgan fingerprint density at radius 3 is 2.86 bits per heavy atom. The van der Waals surface area contributed by atoms with E-state index in [0.29, 0.717) is 6.42 Å². The summed E-state index contributed by atoms with van der Waals surface area (Å²) < 4.78 is 5.23. The fourth-order valence-corrected chi connectivity index (χ4v) is 1.51. The molecule has 1 amide bonds. The van der Waals surface area contributed by atoms with Crippen LogP contribution in [-0.4, -0.2) is 37.7 Å². The molecule has 0 aromatic rings. The summed E-state index contributed by atoms with van der Waals surface area (Å²) in [6, 6.07) is 0.267. The van der Waals surface area contributed by atoms with Crippen LogP contribution in [0.2, 0.25) is 0 Å². The zero-order chi connectivity index (χ0) is 10.6. The van der Waals surface area contributed by atoms with E-state index in [1.165, 1.54) is 0 Å². The molecule has 0 bridgehead atoms. The van der Waals surface area contributed by atoms with Crippen LogP contribution in [0.15, 0.2) is 0 Å². The average Bonchev–Trinajstić information content (AvgIpc) is 2.69. The third-order valence-electron chi connectivity index (χ3n) is 3.00. The lowest BCUT2D eigenvalue weighted by Crippen LogP contribution is -2.49. The van der Waals surface area contributed by atoms with Crippen LogP contribution in [0.1, 0.15) is 26.7 Å². The van der Waals surface area contributed by atoms with E-state index in [1.807, 2.05) is 13.8 Å². The molecule has 4 heteroatoms. The molecule has 1 heterocycles. The van der Waals surface area contributed by atoms with Gasteiger partial charge in [-0.3, -0.25) is 4.79 Å². The van der Waals surface area contributed by atoms with Crippen LogP contribution in [0.3, 0.4) is 0 Å². The van der Waals surface area contributed by atoms with E-state index in [-0.39, 0.29) is 11.9 Å². The first-order chi connectivity index (χ1) is 6.62. The Labute approximate surface area is 85.4 Å². The maximum absolute atomic E-state index is 11.8. The molecule has 82 valence electrons. The lowest BCUT2D eigenvalue weighted by molar-refractivity contribution is -0.142. The van der Waals surface area contributed by atoms with E-state index in [2.05, 4.69) is 10.6 Å². The molecule has 1 rings (SSSR count). The van der Waals surface area contributed by atoms with Gasteiger partial charge in [-0.2, -0.15) is 0 Å². The van der Waals surface area contributed by atoms with Crippen molar-refractivity contribution < 1.29 is 9.53 Å². The Bertz CT molecular complexity index is 196. The third-order valence-corrected chi connectivity index (χ3v) is 3.00. The fraction of sp³-hybridized carbons (Fsp3) is 0.900. The number of nitrogens with one attached hydrogen (secondary N) is 2. The number of carbonyl (C=O) groups excluding carboxylic acids is 1. The normalized spacial score (nSPS) is 25.8. The summed E-state index contributed by atoms with van der Waals surface area (Å²) in [5.74, 6) is -0.00352. The van der Waals surface area contributed by atoms with Gasteiger partial charge in [0.15, 0.2) is 0 Å². The zero-order valence-electron chi connectivity index (χ0n) is 9.22. The number of amides is 1. The molecule has 0 aliphatic carbocycles. The summed E-state index contributed by atoms with van der Waals surface area (Å²) in [6.07, 6.45) is 1.70. The molecular formula is C10H20N2O2. The maximum atomic E-state index is 11.8. The van der Waals surface area contributed by atoms with Gasteiger partial charge in [0.2, 0.25) is 0 Å². The molecule has 1 fully saturated rings. The number of ether oxygens (including phenoxy) is 1. The van der Waals surface area contributed by atoms with Gasteiger partial charge >= 0.3 is 0 Å². The molecule has 0 radical (unpaired) electrons. The summed E-state index contributed by atoms with van der Waals surface area (Å²) >= 11 is 0. The number of hydrogen-bond donors (Lipinski definition) is 2. The van der Waals surface area contributed by atoms with E-state index >= 15 is 0 Å². The first kappa shape index (κ1) is 11.5. The summed E-state index contributed by atoms with van der Waals surface area (Å²) in [6.45, 7) is 5.64. The summed E-state index contributed by atoms with van der Waals surface area (Å²) in [5.41, 5.74) is -0.678. The average molecular weight is 200 g/mol. The second-order valence-corrected chi connectivity index (χ2v) is 3.95. The second-order valence-electron chi connectivity index (χ2n) is 3.95. The topological polar surface area (TPSA) is 50.4 Å². The molecule has 0 aromatic carbocycles. The van der Waals surface area contributed by atoms with Crippen molar-refractivity contribution in [2.24, 2.45) is 0 Å². The minimum atomic E-state index is -0.678. The van der Waals surface area contributed by atoms with Crippen LogP contribution < -0.4 is 10.6 Å². The van der Waals surface area contributed by atoms with Gasteiger partial charge in [0.25, 0.3) is 5.91 Å². The molecular weight excluding hydrogens is 180 g/mol.